The highest BCUT2D eigenvalue weighted by atomic mass is 16.3. The smallest absolute Gasteiger partial charge is 0.180 e. The second-order valence-electron chi connectivity index (χ2n) is 4.53. The van der Waals surface area contributed by atoms with E-state index in [2.05, 4.69) is 39.5 Å². The third-order valence-corrected chi connectivity index (χ3v) is 3.29. The molecule has 2 aromatic rings. The standard InChI is InChI=1S/C14H17N3O/c1-2-6-14(17-7-3-4-8-17)13(5-1)16-10-12-9-15-11-18-12/h1-2,5-6,9,11,16H,3-4,7-8,10H2. The SMILES string of the molecule is c1ccc(N2CCCC2)c(NCc2cnco2)c1. The Bertz CT molecular complexity index is 490. The zero-order valence-corrected chi connectivity index (χ0v) is 10.3. The van der Waals surface area contributed by atoms with Gasteiger partial charge >= 0.3 is 0 Å². The Morgan fingerprint density at radius 2 is 2.06 bits per heavy atom. The topological polar surface area (TPSA) is 41.3 Å². The van der Waals surface area contributed by atoms with Gasteiger partial charge in [0.15, 0.2) is 6.39 Å². The minimum Gasteiger partial charge on any atom is -0.447 e. The summed E-state index contributed by atoms with van der Waals surface area (Å²) < 4.78 is 5.23. The molecule has 4 heteroatoms. The molecule has 0 unspecified atom stereocenters. The summed E-state index contributed by atoms with van der Waals surface area (Å²) in [5, 5.41) is 3.42. The highest BCUT2D eigenvalue weighted by Crippen LogP contribution is 2.28. The van der Waals surface area contributed by atoms with Gasteiger partial charge in [-0.1, -0.05) is 12.1 Å². The molecule has 3 rings (SSSR count). The van der Waals surface area contributed by atoms with E-state index in [0.717, 1.165) is 24.5 Å². The van der Waals surface area contributed by atoms with Crippen molar-refractivity contribution >= 4 is 11.4 Å². The molecule has 1 aliphatic rings. The van der Waals surface area contributed by atoms with Crippen LogP contribution in [0.4, 0.5) is 11.4 Å². The molecule has 1 fully saturated rings. The van der Waals surface area contributed by atoms with Crippen LogP contribution in [0.1, 0.15) is 18.6 Å². The van der Waals surface area contributed by atoms with Gasteiger partial charge in [0.25, 0.3) is 0 Å². The summed E-state index contributed by atoms with van der Waals surface area (Å²) in [7, 11) is 0. The van der Waals surface area contributed by atoms with E-state index in [4.69, 9.17) is 4.42 Å². The number of nitrogens with one attached hydrogen (secondary N) is 1. The van der Waals surface area contributed by atoms with Crippen LogP contribution in [0.5, 0.6) is 0 Å². The van der Waals surface area contributed by atoms with E-state index in [1.165, 1.54) is 24.9 Å². The van der Waals surface area contributed by atoms with Crippen LogP contribution in [-0.2, 0) is 6.54 Å². The van der Waals surface area contributed by atoms with Crippen molar-refractivity contribution in [3.63, 3.8) is 0 Å². The van der Waals surface area contributed by atoms with E-state index >= 15 is 0 Å². The zero-order valence-electron chi connectivity index (χ0n) is 10.3. The van der Waals surface area contributed by atoms with Crippen molar-refractivity contribution in [2.75, 3.05) is 23.3 Å². The third kappa shape index (κ3) is 2.32. The second kappa shape index (κ2) is 5.12. The normalized spacial score (nSPS) is 15.0. The van der Waals surface area contributed by atoms with Crippen LogP contribution in [0, 0.1) is 0 Å². The molecule has 0 saturated carbocycles. The number of nitrogens with zero attached hydrogens (tertiary/aromatic N) is 2. The lowest BCUT2D eigenvalue weighted by atomic mass is 10.2. The van der Waals surface area contributed by atoms with Crippen molar-refractivity contribution in [2.45, 2.75) is 19.4 Å². The molecule has 0 amide bonds. The maximum Gasteiger partial charge on any atom is 0.180 e. The number of rotatable bonds is 4. The molecule has 4 nitrogen and oxygen atoms in total. The minimum absolute atomic E-state index is 0.671. The molecule has 1 aliphatic heterocycles. The van der Waals surface area contributed by atoms with Gasteiger partial charge in [0, 0.05) is 13.1 Å². The van der Waals surface area contributed by atoms with Gasteiger partial charge in [-0.15, -0.1) is 0 Å². The summed E-state index contributed by atoms with van der Waals surface area (Å²) in [6, 6.07) is 8.44. The van der Waals surface area contributed by atoms with Gasteiger partial charge in [-0.05, 0) is 25.0 Å². The molecule has 0 radical (unpaired) electrons. The fourth-order valence-electron chi connectivity index (χ4n) is 2.37. The molecule has 2 heterocycles. The number of oxazole rings is 1. The molecule has 0 aliphatic carbocycles. The van der Waals surface area contributed by atoms with E-state index in [1.54, 1.807) is 6.20 Å². The lowest BCUT2D eigenvalue weighted by Crippen LogP contribution is -2.19. The Hall–Kier alpha value is -1.97. The Morgan fingerprint density at radius 3 is 2.83 bits per heavy atom. The van der Waals surface area contributed by atoms with Gasteiger partial charge in [-0.3, -0.25) is 0 Å². The summed E-state index contributed by atoms with van der Waals surface area (Å²) >= 11 is 0. The summed E-state index contributed by atoms with van der Waals surface area (Å²) in [5.74, 6) is 0.853. The predicted molar refractivity (Wildman–Crippen MR) is 71.7 cm³/mol. The van der Waals surface area contributed by atoms with Crippen molar-refractivity contribution < 1.29 is 4.42 Å². The average molecular weight is 243 g/mol. The fraction of sp³-hybridized carbons (Fsp3) is 0.357. The summed E-state index contributed by atoms with van der Waals surface area (Å²) in [6.07, 6.45) is 5.78. The summed E-state index contributed by atoms with van der Waals surface area (Å²) in [4.78, 5) is 6.35. The first kappa shape index (κ1) is 11.1. The molecule has 0 spiro atoms. The van der Waals surface area contributed by atoms with Crippen molar-refractivity contribution in [1.29, 1.82) is 0 Å². The van der Waals surface area contributed by atoms with Crippen LogP contribution in [0.2, 0.25) is 0 Å². The zero-order chi connectivity index (χ0) is 12.2. The fourth-order valence-corrected chi connectivity index (χ4v) is 2.37. The van der Waals surface area contributed by atoms with Gasteiger partial charge in [0.1, 0.15) is 5.76 Å². The number of hydrogen-bond donors (Lipinski definition) is 1. The van der Waals surface area contributed by atoms with Gasteiger partial charge in [-0.25, -0.2) is 4.98 Å². The maximum atomic E-state index is 5.23. The molecule has 0 atom stereocenters. The molecule has 1 saturated heterocycles. The highest BCUT2D eigenvalue weighted by Gasteiger charge is 2.15. The van der Waals surface area contributed by atoms with Crippen LogP contribution < -0.4 is 10.2 Å². The molecule has 0 bridgehead atoms. The molecule has 1 aromatic carbocycles. The Labute approximate surface area is 107 Å². The third-order valence-electron chi connectivity index (χ3n) is 3.29. The minimum atomic E-state index is 0.671. The number of anilines is 2. The monoisotopic (exact) mass is 243 g/mol. The number of benzene rings is 1. The first-order valence-corrected chi connectivity index (χ1v) is 6.39. The Morgan fingerprint density at radius 1 is 1.22 bits per heavy atom. The number of aromatic nitrogens is 1. The van der Waals surface area contributed by atoms with Crippen LogP contribution in [0.25, 0.3) is 0 Å². The van der Waals surface area contributed by atoms with Crippen LogP contribution in [-0.4, -0.2) is 18.1 Å². The van der Waals surface area contributed by atoms with Gasteiger partial charge in [0.2, 0.25) is 0 Å². The summed E-state index contributed by atoms with van der Waals surface area (Å²) in [6.45, 7) is 2.98. The van der Waals surface area contributed by atoms with E-state index in [9.17, 15) is 0 Å². The maximum absolute atomic E-state index is 5.23. The quantitative estimate of drug-likeness (QED) is 0.896. The van der Waals surface area contributed by atoms with E-state index < -0.39 is 0 Å². The Kier molecular flexibility index (Phi) is 3.17. The number of hydrogen-bond acceptors (Lipinski definition) is 4. The molecular formula is C14H17N3O. The molecular weight excluding hydrogens is 226 g/mol. The number of para-hydroxylation sites is 2. The van der Waals surface area contributed by atoms with E-state index in [1.807, 2.05) is 0 Å². The van der Waals surface area contributed by atoms with Crippen molar-refractivity contribution in [3.05, 3.63) is 42.6 Å². The van der Waals surface area contributed by atoms with Crippen molar-refractivity contribution in [2.24, 2.45) is 0 Å². The lowest BCUT2D eigenvalue weighted by molar-refractivity contribution is 0.512. The lowest BCUT2D eigenvalue weighted by Gasteiger charge is -2.21. The van der Waals surface area contributed by atoms with Gasteiger partial charge in [-0.2, -0.15) is 0 Å². The largest absolute Gasteiger partial charge is 0.447 e. The van der Waals surface area contributed by atoms with Crippen molar-refractivity contribution in [1.82, 2.24) is 4.98 Å². The first-order valence-electron chi connectivity index (χ1n) is 6.39. The average Bonchev–Trinajstić information content (AvgIpc) is 3.10. The molecule has 1 aromatic heterocycles. The van der Waals surface area contributed by atoms with Crippen molar-refractivity contribution in [3.8, 4) is 0 Å². The Balaban J connectivity index is 1.74. The van der Waals surface area contributed by atoms with E-state index in [-0.39, 0.29) is 0 Å². The van der Waals surface area contributed by atoms with Crippen LogP contribution in [0.3, 0.4) is 0 Å². The van der Waals surface area contributed by atoms with Crippen LogP contribution in [0.15, 0.2) is 41.3 Å². The van der Waals surface area contributed by atoms with Gasteiger partial charge < -0.3 is 14.6 Å². The molecule has 94 valence electrons. The first-order chi connectivity index (χ1) is 8.93. The van der Waals surface area contributed by atoms with Gasteiger partial charge in [0.05, 0.1) is 24.1 Å². The molecule has 1 N–H and O–H groups in total. The highest BCUT2D eigenvalue weighted by molar-refractivity contribution is 5.70. The van der Waals surface area contributed by atoms with Crippen LogP contribution >= 0.6 is 0 Å². The van der Waals surface area contributed by atoms with E-state index in [0.29, 0.717) is 6.54 Å². The predicted octanol–water partition coefficient (Wildman–Crippen LogP) is 2.89. The molecule has 18 heavy (non-hydrogen) atoms. The second-order valence-corrected chi connectivity index (χ2v) is 4.53. The summed E-state index contributed by atoms with van der Waals surface area (Å²) in [5.41, 5.74) is 2.45.